The number of nitrogens with one attached hydrogen (secondary N) is 2. The second-order valence-corrected chi connectivity index (χ2v) is 8.53. The topological polar surface area (TPSA) is 101 Å². The highest BCUT2D eigenvalue weighted by molar-refractivity contribution is 7.16. The number of benzene rings is 2. The molecule has 7 nitrogen and oxygen atoms in total. The maximum absolute atomic E-state index is 12.7. The largest absolute Gasteiger partial charge is 0.495 e. The van der Waals surface area contributed by atoms with E-state index in [9.17, 15) is 14.7 Å². The first-order chi connectivity index (χ1) is 15.0. The number of carbonyl (C=O) groups excluding carboxylic acids is 1. The summed E-state index contributed by atoms with van der Waals surface area (Å²) in [5, 5.41) is 16.1. The zero-order valence-corrected chi connectivity index (χ0v) is 17.9. The number of carboxylic acid groups (broad SMARTS) is 1. The lowest BCUT2D eigenvalue weighted by Crippen LogP contribution is -2.59. The van der Waals surface area contributed by atoms with Crippen molar-refractivity contribution < 1.29 is 19.4 Å². The lowest BCUT2D eigenvalue weighted by atomic mass is 9.76. The van der Waals surface area contributed by atoms with Crippen molar-refractivity contribution in [3.63, 3.8) is 0 Å². The number of ether oxygens (including phenoxy) is 1. The second-order valence-electron chi connectivity index (χ2n) is 7.45. The molecule has 1 amide bonds. The van der Waals surface area contributed by atoms with Gasteiger partial charge in [0, 0.05) is 10.4 Å². The van der Waals surface area contributed by atoms with Crippen LogP contribution in [0.1, 0.15) is 24.1 Å². The third kappa shape index (κ3) is 4.39. The second kappa shape index (κ2) is 8.77. The number of anilines is 2. The summed E-state index contributed by atoms with van der Waals surface area (Å²) in [7, 11) is 1.60. The number of para-hydroxylation sites is 2. The van der Waals surface area contributed by atoms with Crippen LogP contribution >= 0.6 is 11.3 Å². The first-order valence-electron chi connectivity index (χ1n) is 10.0. The van der Waals surface area contributed by atoms with E-state index in [0.29, 0.717) is 29.4 Å². The van der Waals surface area contributed by atoms with Crippen LogP contribution in [0.4, 0.5) is 10.8 Å². The Bertz CT molecular complexity index is 1090. The quantitative estimate of drug-likeness (QED) is 0.488. The normalized spacial score (nSPS) is 14.4. The molecule has 1 aliphatic carbocycles. The minimum Gasteiger partial charge on any atom is -0.495 e. The summed E-state index contributed by atoms with van der Waals surface area (Å²) in [5.74, 6) is -0.600. The summed E-state index contributed by atoms with van der Waals surface area (Å²) in [6, 6.07) is 17.2. The standard InChI is InChI=1S/C23H23N3O4S/c1-30-17-11-6-5-10-16(17)24-22-25-20(15-8-3-2-4-9-15)18(31-22)14-19(27)26-23(21(28)29)12-7-13-23/h2-6,8-11H,7,12-14H2,1H3,(H,24,25)(H,26,27)(H,28,29). The van der Waals surface area contributed by atoms with E-state index < -0.39 is 11.5 Å². The van der Waals surface area contributed by atoms with Crippen molar-refractivity contribution in [3.05, 3.63) is 59.5 Å². The maximum atomic E-state index is 12.7. The van der Waals surface area contributed by atoms with E-state index in [0.717, 1.165) is 22.5 Å². The summed E-state index contributed by atoms with van der Waals surface area (Å²) in [6.07, 6.45) is 1.78. The molecule has 31 heavy (non-hydrogen) atoms. The Labute approximate surface area is 184 Å². The summed E-state index contributed by atoms with van der Waals surface area (Å²) >= 11 is 1.37. The van der Waals surface area contributed by atoms with Crippen molar-refractivity contribution in [1.82, 2.24) is 10.3 Å². The van der Waals surface area contributed by atoms with Crippen LogP contribution in [0.2, 0.25) is 0 Å². The van der Waals surface area contributed by atoms with Crippen molar-refractivity contribution in [3.8, 4) is 17.0 Å². The van der Waals surface area contributed by atoms with Crippen LogP contribution in [0.15, 0.2) is 54.6 Å². The fraction of sp³-hybridized carbons (Fsp3) is 0.261. The number of carbonyl (C=O) groups is 2. The molecule has 0 aliphatic heterocycles. The van der Waals surface area contributed by atoms with Crippen molar-refractivity contribution in [1.29, 1.82) is 0 Å². The monoisotopic (exact) mass is 437 g/mol. The van der Waals surface area contributed by atoms with Gasteiger partial charge in [-0.2, -0.15) is 0 Å². The molecule has 8 heteroatoms. The predicted octanol–water partition coefficient (Wildman–Crippen LogP) is 4.23. The smallest absolute Gasteiger partial charge is 0.329 e. The molecule has 160 valence electrons. The van der Waals surface area contributed by atoms with Crippen LogP contribution in [0.25, 0.3) is 11.3 Å². The number of methoxy groups -OCH3 is 1. The number of hydrogen-bond acceptors (Lipinski definition) is 6. The molecule has 1 fully saturated rings. The highest BCUT2D eigenvalue weighted by Gasteiger charge is 2.45. The predicted molar refractivity (Wildman–Crippen MR) is 120 cm³/mol. The number of aromatic nitrogens is 1. The number of thiazole rings is 1. The minimum absolute atomic E-state index is 0.0600. The van der Waals surface area contributed by atoms with Crippen LogP contribution in [0.5, 0.6) is 5.75 Å². The van der Waals surface area contributed by atoms with Gasteiger partial charge in [-0.15, -0.1) is 11.3 Å². The van der Waals surface area contributed by atoms with Gasteiger partial charge >= 0.3 is 5.97 Å². The Kier molecular flexibility index (Phi) is 5.90. The fourth-order valence-electron chi connectivity index (χ4n) is 3.59. The Morgan fingerprint density at radius 3 is 2.48 bits per heavy atom. The van der Waals surface area contributed by atoms with Crippen LogP contribution in [-0.2, 0) is 16.0 Å². The average Bonchev–Trinajstić information content (AvgIpc) is 3.13. The summed E-state index contributed by atoms with van der Waals surface area (Å²) in [5.41, 5.74) is 1.24. The van der Waals surface area contributed by atoms with E-state index in [-0.39, 0.29) is 12.3 Å². The summed E-state index contributed by atoms with van der Waals surface area (Å²) < 4.78 is 5.39. The number of rotatable bonds is 8. The SMILES string of the molecule is COc1ccccc1Nc1nc(-c2ccccc2)c(CC(=O)NC2(C(=O)O)CCC2)s1. The zero-order chi connectivity index (χ0) is 21.8. The zero-order valence-electron chi connectivity index (χ0n) is 17.1. The van der Waals surface area contributed by atoms with E-state index in [1.807, 2.05) is 54.6 Å². The number of carboxylic acids is 1. The number of nitrogens with zero attached hydrogens (tertiary/aromatic N) is 1. The molecule has 1 saturated carbocycles. The van der Waals surface area contributed by atoms with E-state index in [1.165, 1.54) is 11.3 Å². The first kappa shape index (κ1) is 20.9. The molecule has 0 unspecified atom stereocenters. The van der Waals surface area contributed by atoms with Crippen LogP contribution in [-0.4, -0.2) is 34.6 Å². The third-order valence-electron chi connectivity index (χ3n) is 5.41. The molecule has 0 bridgehead atoms. The first-order valence-corrected chi connectivity index (χ1v) is 10.8. The molecule has 0 saturated heterocycles. The molecule has 2 aromatic carbocycles. The van der Waals surface area contributed by atoms with Gasteiger partial charge in [0.05, 0.1) is 24.9 Å². The van der Waals surface area contributed by atoms with E-state index >= 15 is 0 Å². The van der Waals surface area contributed by atoms with Gasteiger partial charge in [-0.05, 0) is 31.4 Å². The van der Waals surface area contributed by atoms with Gasteiger partial charge < -0.3 is 20.5 Å². The Morgan fingerprint density at radius 2 is 1.84 bits per heavy atom. The molecule has 0 atom stereocenters. The van der Waals surface area contributed by atoms with Crippen LogP contribution in [0.3, 0.4) is 0 Å². The van der Waals surface area contributed by atoms with Crippen molar-refractivity contribution in [2.75, 3.05) is 12.4 Å². The number of hydrogen-bond donors (Lipinski definition) is 3. The molecule has 1 aliphatic rings. The Balaban J connectivity index is 1.61. The Hall–Kier alpha value is -3.39. The van der Waals surface area contributed by atoms with Gasteiger partial charge in [0.2, 0.25) is 5.91 Å². The maximum Gasteiger partial charge on any atom is 0.329 e. The molecular formula is C23H23N3O4S. The molecule has 3 N–H and O–H groups in total. The molecule has 1 aromatic heterocycles. The van der Waals surface area contributed by atoms with Gasteiger partial charge in [0.1, 0.15) is 11.3 Å². The minimum atomic E-state index is -1.13. The van der Waals surface area contributed by atoms with Crippen molar-refractivity contribution in [2.45, 2.75) is 31.2 Å². The summed E-state index contributed by atoms with van der Waals surface area (Å²) in [4.78, 5) is 29.8. The molecule has 1 heterocycles. The number of amides is 1. The molecule has 0 radical (unpaired) electrons. The Morgan fingerprint density at radius 1 is 1.13 bits per heavy atom. The van der Waals surface area contributed by atoms with Gasteiger partial charge in [-0.3, -0.25) is 4.79 Å². The highest BCUT2D eigenvalue weighted by Crippen LogP contribution is 2.36. The molecule has 0 spiro atoms. The third-order valence-corrected chi connectivity index (χ3v) is 6.38. The van der Waals surface area contributed by atoms with Gasteiger partial charge in [-0.1, -0.05) is 42.5 Å². The highest BCUT2D eigenvalue weighted by atomic mass is 32.1. The molecule has 3 aromatic rings. The molecule has 4 rings (SSSR count). The lowest BCUT2D eigenvalue weighted by Gasteiger charge is -2.38. The van der Waals surface area contributed by atoms with Gasteiger partial charge in [0.15, 0.2) is 5.13 Å². The number of aliphatic carboxylic acids is 1. The van der Waals surface area contributed by atoms with Crippen LogP contribution < -0.4 is 15.4 Å². The van der Waals surface area contributed by atoms with E-state index in [1.54, 1.807) is 7.11 Å². The lowest BCUT2D eigenvalue weighted by molar-refractivity contribution is -0.151. The fourth-order valence-corrected chi connectivity index (χ4v) is 4.58. The average molecular weight is 438 g/mol. The van der Waals surface area contributed by atoms with Gasteiger partial charge in [0.25, 0.3) is 0 Å². The van der Waals surface area contributed by atoms with Crippen molar-refractivity contribution >= 4 is 34.0 Å². The van der Waals surface area contributed by atoms with Gasteiger partial charge in [-0.25, -0.2) is 9.78 Å². The summed E-state index contributed by atoms with van der Waals surface area (Å²) in [6.45, 7) is 0. The van der Waals surface area contributed by atoms with E-state index in [2.05, 4.69) is 10.6 Å². The van der Waals surface area contributed by atoms with Crippen LogP contribution in [0, 0.1) is 0 Å². The molecular weight excluding hydrogens is 414 g/mol. The van der Waals surface area contributed by atoms with Crippen molar-refractivity contribution in [2.24, 2.45) is 0 Å². The van der Waals surface area contributed by atoms with E-state index in [4.69, 9.17) is 9.72 Å².